The number of carbonyl (C=O) groups excluding carboxylic acids is 2. The summed E-state index contributed by atoms with van der Waals surface area (Å²) in [6.45, 7) is 4.84. The van der Waals surface area contributed by atoms with E-state index in [9.17, 15) is 14.4 Å². The molecule has 1 saturated heterocycles. The Morgan fingerprint density at radius 3 is 2.91 bits per heavy atom. The van der Waals surface area contributed by atoms with Gasteiger partial charge in [-0.3, -0.25) is 9.59 Å². The van der Waals surface area contributed by atoms with Crippen LogP contribution in [0.4, 0.5) is 0 Å². The molecule has 120 valence electrons. The minimum Gasteiger partial charge on any atom is -0.452 e. The Bertz CT molecular complexity index is 641. The van der Waals surface area contributed by atoms with E-state index in [1.165, 1.54) is 6.20 Å². The SMILES string of the molecule is Cc1[nH]cc(C(=O)OCC(=O)N2CCC[C@@H](C)C2)c(=O)c1Br. The molecule has 2 rings (SSSR count). The Kier molecular flexibility index (Phi) is 5.39. The topological polar surface area (TPSA) is 79.5 Å². The van der Waals surface area contributed by atoms with E-state index in [1.54, 1.807) is 11.8 Å². The van der Waals surface area contributed by atoms with Crippen molar-refractivity contribution in [2.45, 2.75) is 26.7 Å². The lowest BCUT2D eigenvalue weighted by atomic mass is 10.0. The van der Waals surface area contributed by atoms with Crippen molar-refractivity contribution in [1.82, 2.24) is 9.88 Å². The first kappa shape index (κ1) is 16.7. The predicted molar refractivity (Wildman–Crippen MR) is 84.8 cm³/mol. The highest BCUT2D eigenvalue weighted by molar-refractivity contribution is 9.10. The van der Waals surface area contributed by atoms with E-state index in [-0.39, 0.29) is 22.6 Å². The molecule has 1 aromatic rings. The van der Waals surface area contributed by atoms with Gasteiger partial charge < -0.3 is 14.6 Å². The molecule has 2 heterocycles. The summed E-state index contributed by atoms with van der Waals surface area (Å²) in [5.74, 6) is -0.549. The van der Waals surface area contributed by atoms with Crippen LogP contribution >= 0.6 is 15.9 Å². The second-order valence-corrected chi connectivity index (χ2v) is 6.43. The monoisotopic (exact) mass is 370 g/mol. The molecule has 1 aliphatic rings. The van der Waals surface area contributed by atoms with E-state index in [2.05, 4.69) is 27.8 Å². The maximum Gasteiger partial charge on any atom is 0.344 e. The van der Waals surface area contributed by atoms with E-state index in [4.69, 9.17) is 4.74 Å². The highest BCUT2D eigenvalue weighted by atomic mass is 79.9. The van der Waals surface area contributed by atoms with Crippen LogP contribution in [0.1, 0.15) is 35.8 Å². The molecule has 1 N–H and O–H groups in total. The fourth-order valence-electron chi connectivity index (χ4n) is 2.46. The molecule has 1 atom stereocenters. The summed E-state index contributed by atoms with van der Waals surface area (Å²) >= 11 is 3.12. The van der Waals surface area contributed by atoms with E-state index in [0.717, 1.165) is 12.8 Å². The van der Waals surface area contributed by atoms with Crippen molar-refractivity contribution in [2.24, 2.45) is 5.92 Å². The molecule has 0 aromatic carbocycles. The van der Waals surface area contributed by atoms with Gasteiger partial charge in [-0.05, 0) is 41.6 Å². The third-order valence-electron chi connectivity index (χ3n) is 3.76. The van der Waals surface area contributed by atoms with Crippen LogP contribution in [0, 0.1) is 12.8 Å². The molecule has 1 aromatic heterocycles. The summed E-state index contributed by atoms with van der Waals surface area (Å²) in [5.41, 5.74) is 0.0671. The van der Waals surface area contributed by atoms with Gasteiger partial charge in [0, 0.05) is 25.0 Å². The molecule has 0 saturated carbocycles. The van der Waals surface area contributed by atoms with Crippen LogP contribution in [0.5, 0.6) is 0 Å². The fraction of sp³-hybridized carbons (Fsp3) is 0.533. The molecule has 0 radical (unpaired) electrons. The van der Waals surface area contributed by atoms with Gasteiger partial charge in [-0.15, -0.1) is 0 Å². The summed E-state index contributed by atoms with van der Waals surface area (Å²) in [5, 5.41) is 0. The van der Waals surface area contributed by atoms with Crippen molar-refractivity contribution >= 4 is 27.8 Å². The first-order valence-electron chi connectivity index (χ1n) is 7.22. The number of aryl methyl sites for hydroxylation is 1. The van der Waals surface area contributed by atoms with Crippen LogP contribution in [-0.2, 0) is 9.53 Å². The molecule has 7 heteroatoms. The molecule has 22 heavy (non-hydrogen) atoms. The molecular weight excluding hydrogens is 352 g/mol. The van der Waals surface area contributed by atoms with Crippen LogP contribution in [0.15, 0.2) is 15.5 Å². The zero-order valence-corrected chi connectivity index (χ0v) is 14.2. The third kappa shape index (κ3) is 3.76. The van der Waals surface area contributed by atoms with E-state index >= 15 is 0 Å². The molecule has 0 unspecified atom stereocenters. The number of pyridine rings is 1. The Labute approximate surface area is 137 Å². The van der Waals surface area contributed by atoms with Gasteiger partial charge in [0.05, 0.1) is 4.47 Å². The standard InChI is InChI=1S/C15H19BrN2O4/c1-9-4-3-5-18(7-9)12(19)8-22-15(21)11-6-17-10(2)13(16)14(11)20/h6,9H,3-5,7-8H2,1-2H3,(H,17,20)/t9-/m1/s1. The lowest BCUT2D eigenvalue weighted by molar-refractivity contribution is -0.136. The van der Waals surface area contributed by atoms with E-state index in [0.29, 0.717) is 24.7 Å². The Balaban J connectivity index is 1.97. The molecule has 0 spiro atoms. The normalized spacial score (nSPS) is 18.1. The van der Waals surface area contributed by atoms with Gasteiger partial charge in [0.1, 0.15) is 5.56 Å². The molecule has 1 fully saturated rings. The number of halogens is 1. The summed E-state index contributed by atoms with van der Waals surface area (Å²) in [7, 11) is 0. The third-order valence-corrected chi connectivity index (χ3v) is 4.72. The van der Waals surface area contributed by atoms with Crippen molar-refractivity contribution < 1.29 is 14.3 Å². The Morgan fingerprint density at radius 2 is 2.23 bits per heavy atom. The minimum absolute atomic E-state index is 0.114. The number of aromatic amines is 1. The smallest absolute Gasteiger partial charge is 0.344 e. The van der Waals surface area contributed by atoms with E-state index in [1.807, 2.05) is 0 Å². The highest BCUT2D eigenvalue weighted by Crippen LogP contribution is 2.15. The molecule has 0 aliphatic carbocycles. The van der Waals surface area contributed by atoms with Gasteiger partial charge in [0.2, 0.25) is 5.43 Å². The molecule has 1 aliphatic heterocycles. The molecule has 0 bridgehead atoms. The molecule has 6 nitrogen and oxygen atoms in total. The largest absolute Gasteiger partial charge is 0.452 e. The second-order valence-electron chi connectivity index (χ2n) is 5.63. The number of hydrogen-bond acceptors (Lipinski definition) is 4. The van der Waals surface area contributed by atoms with Gasteiger partial charge in [-0.2, -0.15) is 0 Å². The molecule has 1 amide bonds. The van der Waals surface area contributed by atoms with Gasteiger partial charge in [-0.25, -0.2) is 4.79 Å². The number of nitrogens with zero attached hydrogens (tertiary/aromatic N) is 1. The Hall–Kier alpha value is -1.63. The van der Waals surface area contributed by atoms with Gasteiger partial charge >= 0.3 is 5.97 Å². The summed E-state index contributed by atoms with van der Waals surface area (Å²) in [4.78, 5) is 40.5. The highest BCUT2D eigenvalue weighted by Gasteiger charge is 2.23. The number of hydrogen-bond donors (Lipinski definition) is 1. The number of amides is 1. The van der Waals surface area contributed by atoms with Crippen molar-refractivity contribution in [3.05, 3.63) is 32.2 Å². The number of aromatic nitrogens is 1. The van der Waals surface area contributed by atoms with Crippen molar-refractivity contribution in [3.8, 4) is 0 Å². The number of rotatable bonds is 3. The lowest BCUT2D eigenvalue weighted by Gasteiger charge is -2.30. The average molecular weight is 371 g/mol. The first-order chi connectivity index (χ1) is 10.4. The molecular formula is C15H19BrN2O4. The van der Waals surface area contributed by atoms with Crippen LogP contribution in [0.2, 0.25) is 0 Å². The van der Waals surface area contributed by atoms with Crippen molar-refractivity contribution in [1.29, 1.82) is 0 Å². The van der Waals surface area contributed by atoms with Crippen LogP contribution in [-0.4, -0.2) is 41.5 Å². The average Bonchev–Trinajstić information content (AvgIpc) is 2.50. The van der Waals surface area contributed by atoms with Crippen LogP contribution < -0.4 is 5.43 Å². The van der Waals surface area contributed by atoms with Crippen molar-refractivity contribution in [2.75, 3.05) is 19.7 Å². The zero-order chi connectivity index (χ0) is 16.3. The van der Waals surface area contributed by atoms with E-state index < -0.39 is 11.4 Å². The first-order valence-corrected chi connectivity index (χ1v) is 8.02. The van der Waals surface area contributed by atoms with Crippen LogP contribution in [0.3, 0.4) is 0 Å². The number of likely N-dealkylation sites (tertiary alicyclic amines) is 1. The quantitative estimate of drug-likeness (QED) is 0.823. The minimum atomic E-state index is -0.791. The summed E-state index contributed by atoms with van der Waals surface area (Å²) in [6.07, 6.45) is 3.37. The van der Waals surface area contributed by atoms with Crippen LogP contribution in [0.25, 0.3) is 0 Å². The zero-order valence-electron chi connectivity index (χ0n) is 12.6. The summed E-state index contributed by atoms with van der Waals surface area (Å²) < 4.78 is 5.27. The lowest BCUT2D eigenvalue weighted by Crippen LogP contribution is -2.41. The summed E-state index contributed by atoms with van der Waals surface area (Å²) in [6, 6.07) is 0. The maximum absolute atomic E-state index is 12.0. The number of esters is 1. The number of ether oxygens (including phenoxy) is 1. The number of carbonyl (C=O) groups is 2. The number of H-pyrrole nitrogens is 1. The number of piperidine rings is 1. The Morgan fingerprint density at radius 1 is 1.50 bits per heavy atom. The maximum atomic E-state index is 12.0. The fourth-order valence-corrected chi connectivity index (χ4v) is 2.79. The van der Waals surface area contributed by atoms with Gasteiger partial charge in [0.15, 0.2) is 6.61 Å². The number of nitrogens with one attached hydrogen (secondary N) is 1. The predicted octanol–water partition coefficient (Wildman–Crippen LogP) is 1.86. The second kappa shape index (κ2) is 7.09. The van der Waals surface area contributed by atoms with Gasteiger partial charge in [-0.1, -0.05) is 6.92 Å². The van der Waals surface area contributed by atoms with Crippen molar-refractivity contribution in [3.63, 3.8) is 0 Å². The van der Waals surface area contributed by atoms with Gasteiger partial charge in [0.25, 0.3) is 5.91 Å².